The van der Waals surface area contributed by atoms with Crippen molar-refractivity contribution in [1.82, 2.24) is 14.7 Å². The average Bonchev–Trinajstić information content (AvgIpc) is 2.74. The fourth-order valence-electron chi connectivity index (χ4n) is 3.39. The van der Waals surface area contributed by atoms with Gasteiger partial charge >= 0.3 is 5.97 Å². The minimum absolute atomic E-state index is 0.218. The van der Waals surface area contributed by atoms with Crippen LogP contribution >= 0.6 is 0 Å². The Kier molecular flexibility index (Phi) is 7.08. The van der Waals surface area contributed by atoms with Gasteiger partial charge in [-0.2, -0.15) is 5.10 Å². The Hall–Kier alpha value is -3.48. The van der Waals surface area contributed by atoms with E-state index in [4.69, 9.17) is 4.74 Å². The molecule has 0 spiro atoms. The largest absolute Gasteiger partial charge is 0.460 e. The highest BCUT2D eigenvalue weighted by Gasteiger charge is 2.21. The molecule has 0 N–H and O–H groups in total. The summed E-state index contributed by atoms with van der Waals surface area (Å²) in [7, 11) is 1.67. The zero-order chi connectivity index (χ0) is 23.3. The molecule has 0 unspecified atom stereocenters. The maximum Gasteiger partial charge on any atom is 0.306 e. The van der Waals surface area contributed by atoms with E-state index in [1.54, 1.807) is 31.3 Å². The third-order valence-electron chi connectivity index (χ3n) is 4.89. The van der Waals surface area contributed by atoms with Crippen molar-refractivity contribution in [3.8, 4) is 0 Å². The van der Waals surface area contributed by atoms with Crippen molar-refractivity contribution < 1.29 is 14.3 Å². The van der Waals surface area contributed by atoms with Crippen LogP contribution in [0.4, 0.5) is 0 Å². The van der Waals surface area contributed by atoms with Crippen LogP contribution in [-0.4, -0.2) is 45.8 Å². The molecular formula is C25H29N3O4. The van der Waals surface area contributed by atoms with E-state index in [1.165, 1.54) is 9.58 Å². The maximum atomic E-state index is 13.2. The van der Waals surface area contributed by atoms with Crippen molar-refractivity contribution in [3.05, 3.63) is 76.2 Å². The Morgan fingerprint density at radius 3 is 2.28 bits per heavy atom. The second kappa shape index (κ2) is 9.77. The van der Waals surface area contributed by atoms with Gasteiger partial charge in [0.2, 0.25) is 0 Å². The van der Waals surface area contributed by atoms with Gasteiger partial charge in [0.25, 0.3) is 11.5 Å². The molecule has 0 aliphatic rings. The number of aromatic nitrogens is 2. The summed E-state index contributed by atoms with van der Waals surface area (Å²) in [5, 5.41) is 5.40. The van der Waals surface area contributed by atoms with Crippen LogP contribution in [0.15, 0.2) is 59.4 Å². The number of esters is 1. The number of carbonyl (C=O) groups excluding carboxylic acids is 2. The van der Waals surface area contributed by atoms with E-state index in [0.29, 0.717) is 23.7 Å². The van der Waals surface area contributed by atoms with Crippen molar-refractivity contribution in [2.75, 3.05) is 13.6 Å². The normalized spacial score (nSPS) is 11.4. The number of benzene rings is 2. The molecule has 32 heavy (non-hydrogen) atoms. The maximum absolute atomic E-state index is 13.2. The Morgan fingerprint density at radius 2 is 1.62 bits per heavy atom. The molecule has 168 valence electrons. The molecule has 0 aliphatic heterocycles. The highest BCUT2D eigenvalue weighted by Crippen LogP contribution is 2.16. The van der Waals surface area contributed by atoms with Crippen LogP contribution in [0, 0.1) is 0 Å². The number of carbonyl (C=O) groups is 2. The third-order valence-corrected chi connectivity index (χ3v) is 4.89. The average molecular weight is 436 g/mol. The fraction of sp³-hybridized carbons (Fsp3) is 0.360. The first-order valence-electron chi connectivity index (χ1n) is 10.7. The lowest BCUT2D eigenvalue weighted by molar-refractivity contribution is -0.154. The summed E-state index contributed by atoms with van der Waals surface area (Å²) in [4.78, 5) is 39.6. The van der Waals surface area contributed by atoms with Gasteiger partial charge in [0, 0.05) is 25.4 Å². The molecule has 1 amide bonds. The number of amides is 1. The number of ether oxygens (including phenoxy) is 1. The van der Waals surface area contributed by atoms with Crippen LogP contribution in [-0.2, 0) is 16.1 Å². The number of hydrogen-bond acceptors (Lipinski definition) is 5. The van der Waals surface area contributed by atoms with Gasteiger partial charge in [-0.3, -0.25) is 14.4 Å². The van der Waals surface area contributed by atoms with E-state index in [1.807, 2.05) is 51.1 Å². The van der Waals surface area contributed by atoms with Gasteiger partial charge < -0.3 is 9.64 Å². The topological polar surface area (TPSA) is 81.5 Å². The summed E-state index contributed by atoms with van der Waals surface area (Å²) < 4.78 is 6.65. The zero-order valence-corrected chi connectivity index (χ0v) is 19.0. The van der Waals surface area contributed by atoms with Crippen molar-refractivity contribution in [2.45, 2.75) is 45.8 Å². The summed E-state index contributed by atoms with van der Waals surface area (Å²) in [5.74, 6) is -0.592. The van der Waals surface area contributed by atoms with Crippen molar-refractivity contribution >= 4 is 22.6 Å². The Labute approximate surface area is 187 Å². The zero-order valence-electron chi connectivity index (χ0n) is 19.0. The molecule has 7 nitrogen and oxygen atoms in total. The SMILES string of the molecule is CN(CCCC(=O)OC(C)(C)C)C(=O)c1nn(Cc2ccccc2)c(=O)c2ccccc12. The Bertz CT molecular complexity index is 1160. The summed E-state index contributed by atoms with van der Waals surface area (Å²) in [5.41, 5.74) is 0.361. The first-order valence-corrected chi connectivity index (χ1v) is 10.7. The van der Waals surface area contributed by atoms with E-state index in [2.05, 4.69) is 5.10 Å². The van der Waals surface area contributed by atoms with E-state index >= 15 is 0 Å². The monoisotopic (exact) mass is 435 g/mol. The lowest BCUT2D eigenvalue weighted by Crippen LogP contribution is -2.33. The second-order valence-electron chi connectivity index (χ2n) is 8.76. The highest BCUT2D eigenvalue weighted by atomic mass is 16.6. The van der Waals surface area contributed by atoms with Crippen LogP contribution in [0.3, 0.4) is 0 Å². The van der Waals surface area contributed by atoms with E-state index in [0.717, 1.165) is 5.56 Å². The predicted molar refractivity (Wildman–Crippen MR) is 124 cm³/mol. The molecule has 2 aromatic carbocycles. The smallest absolute Gasteiger partial charge is 0.306 e. The lowest BCUT2D eigenvalue weighted by Gasteiger charge is -2.21. The van der Waals surface area contributed by atoms with Gasteiger partial charge in [-0.25, -0.2) is 4.68 Å². The Balaban J connectivity index is 1.82. The van der Waals surface area contributed by atoms with Crippen LogP contribution in [0.2, 0.25) is 0 Å². The third kappa shape index (κ3) is 5.81. The van der Waals surface area contributed by atoms with Crippen molar-refractivity contribution in [1.29, 1.82) is 0 Å². The van der Waals surface area contributed by atoms with Crippen LogP contribution in [0.5, 0.6) is 0 Å². The number of hydrogen-bond donors (Lipinski definition) is 0. The van der Waals surface area contributed by atoms with Crippen LogP contribution < -0.4 is 5.56 Å². The minimum atomic E-state index is -0.534. The van der Waals surface area contributed by atoms with Gasteiger partial charge in [0.05, 0.1) is 11.9 Å². The van der Waals surface area contributed by atoms with Gasteiger partial charge in [-0.15, -0.1) is 0 Å². The standard InChI is InChI=1S/C25H29N3O4/c1-25(2,3)32-21(29)15-10-16-27(4)24(31)22-19-13-8-9-14-20(19)23(30)28(26-22)17-18-11-6-5-7-12-18/h5-9,11-14H,10,15-17H2,1-4H3. The summed E-state index contributed by atoms with van der Waals surface area (Å²) in [6.45, 7) is 6.10. The van der Waals surface area contributed by atoms with Crippen LogP contribution in [0.25, 0.3) is 10.8 Å². The van der Waals surface area contributed by atoms with Crippen molar-refractivity contribution in [2.24, 2.45) is 0 Å². The lowest BCUT2D eigenvalue weighted by atomic mass is 10.1. The Morgan fingerprint density at radius 1 is 1.00 bits per heavy atom. The van der Waals surface area contributed by atoms with E-state index < -0.39 is 5.60 Å². The van der Waals surface area contributed by atoms with Gasteiger partial charge in [0.1, 0.15) is 5.60 Å². The molecule has 1 aromatic heterocycles. The van der Waals surface area contributed by atoms with Crippen molar-refractivity contribution in [3.63, 3.8) is 0 Å². The molecule has 0 saturated heterocycles. The van der Waals surface area contributed by atoms with Gasteiger partial charge in [-0.05, 0) is 38.8 Å². The molecule has 7 heteroatoms. The van der Waals surface area contributed by atoms with Crippen LogP contribution in [0.1, 0.15) is 49.7 Å². The molecule has 0 radical (unpaired) electrons. The highest BCUT2D eigenvalue weighted by molar-refractivity contribution is 6.04. The molecule has 0 saturated carbocycles. The number of nitrogens with zero attached hydrogens (tertiary/aromatic N) is 3. The summed E-state index contributed by atoms with van der Waals surface area (Å²) in [6.07, 6.45) is 0.690. The number of fused-ring (bicyclic) bond motifs is 1. The molecule has 0 atom stereocenters. The first kappa shape index (κ1) is 23.2. The van der Waals surface area contributed by atoms with E-state index in [9.17, 15) is 14.4 Å². The summed E-state index contributed by atoms with van der Waals surface area (Å²) in [6, 6.07) is 16.5. The van der Waals surface area contributed by atoms with E-state index in [-0.39, 0.29) is 36.1 Å². The fourth-order valence-corrected chi connectivity index (χ4v) is 3.39. The van der Waals surface area contributed by atoms with Gasteiger partial charge in [-0.1, -0.05) is 48.5 Å². The molecule has 3 rings (SSSR count). The molecule has 1 heterocycles. The summed E-state index contributed by atoms with van der Waals surface area (Å²) >= 11 is 0. The minimum Gasteiger partial charge on any atom is -0.460 e. The number of rotatable bonds is 7. The quantitative estimate of drug-likeness (QED) is 0.529. The first-order chi connectivity index (χ1) is 15.2. The molecular weight excluding hydrogens is 406 g/mol. The molecule has 0 bridgehead atoms. The molecule has 0 aliphatic carbocycles. The second-order valence-corrected chi connectivity index (χ2v) is 8.76. The molecule has 0 fully saturated rings. The van der Waals surface area contributed by atoms with Gasteiger partial charge in [0.15, 0.2) is 5.69 Å². The molecule has 3 aromatic rings. The predicted octanol–water partition coefficient (Wildman–Crippen LogP) is 3.64.